The van der Waals surface area contributed by atoms with Crippen LogP contribution in [0, 0.1) is 0 Å². The van der Waals surface area contributed by atoms with E-state index in [9.17, 15) is 0 Å². The van der Waals surface area contributed by atoms with Crippen molar-refractivity contribution in [3.05, 3.63) is 71.6 Å². The Kier molecular flexibility index (Phi) is 6.76. The summed E-state index contributed by atoms with van der Waals surface area (Å²) < 4.78 is 11.1. The van der Waals surface area contributed by atoms with E-state index in [0.29, 0.717) is 18.2 Å². The fraction of sp³-hybridized carbons (Fsp3) is 0.238. The van der Waals surface area contributed by atoms with Gasteiger partial charge in [-0.2, -0.15) is 0 Å². The molecule has 0 amide bonds. The van der Waals surface area contributed by atoms with Gasteiger partial charge in [0.2, 0.25) is 6.29 Å². The van der Waals surface area contributed by atoms with Crippen LogP contribution in [0.25, 0.3) is 11.3 Å². The van der Waals surface area contributed by atoms with E-state index in [0.717, 1.165) is 28.3 Å². The topological polar surface area (TPSA) is 56.3 Å². The lowest BCUT2D eigenvalue weighted by molar-refractivity contribution is -0.142. The number of aromatic nitrogens is 2. The quantitative estimate of drug-likeness (QED) is 0.512. The largest absolute Gasteiger partial charge is 0.354 e. The minimum atomic E-state index is -0.443. The number of rotatable bonds is 8. The van der Waals surface area contributed by atoms with Crippen molar-refractivity contribution < 1.29 is 9.47 Å². The van der Waals surface area contributed by atoms with E-state index in [2.05, 4.69) is 15.3 Å². The molecule has 3 rings (SSSR count). The molecule has 0 aliphatic carbocycles. The first-order chi connectivity index (χ1) is 13.2. The van der Waals surface area contributed by atoms with Crippen molar-refractivity contribution in [3.8, 4) is 11.3 Å². The highest BCUT2D eigenvalue weighted by molar-refractivity contribution is 6.33. The molecule has 0 saturated heterocycles. The summed E-state index contributed by atoms with van der Waals surface area (Å²) in [7, 11) is 0. The van der Waals surface area contributed by atoms with Gasteiger partial charge in [-0.3, -0.25) is 9.97 Å². The van der Waals surface area contributed by atoms with Gasteiger partial charge >= 0.3 is 0 Å². The van der Waals surface area contributed by atoms with Gasteiger partial charge in [0.25, 0.3) is 0 Å². The number of hydrogen-bond donors (Lipinski definition) is 1. The lowest BCUT2D eigenvalue weighted by Crippen LogP contribution is -2.10. The van der Waals surface area contributed by atoms with Crippen LogP contribution in [-0.2, 0) is 9.47 Å². The predicted molar refractivity (Wildman–Crippen MR) is 108 cm³/mol. The number of nitrogens with one attached hydrogen (secondary N) is 1. The molecular formula is C21H22ClN3O2. The second-order valence-electron chi connectivity index (χ2n) is 5.75. The molecule has 0 spiro atoms. The van der Waals surface area contributed by atoms with Crippen molar-refractivity contribution in [1.29, 1.82) is 0 Å². The second kappa shape index (κ2) is 9.46. The number of hydrogen-bond acceptors (Lipinski definition) is 5. The van der Waals surface area contributed by atoms with Crippen LogP contribution < -0.4 is 5.32 Å². The lowest BCUT2D eigenvalue weighted by Gasteiger charge is -2.16. The molecule has 2 aromatic heterocycles. The maximum absolute atomic E-state index is 6.44. The van der Waals surface area contributed by atoms with Gasteiger partial charge in [-0.25, -0.2) is 0 Å². The molecule has 0 radical (unpaired) electrons. The summed E-state index contributed by atoms with van der Waals surface area (Å²) in [5, 5.41) is 3.94. The third-order valence-electron chi connectivity index (χ3n) is 3.86. The van der Waals surface area contributed by atoms with Crippen LogP contribution in [0.5, 0.6) is 0 Å². The molecule has 5 nitrogen and oxygen atoms in total. The zero-order valence-corrected chi connectivity index (χ0v) is 16.1. The molecule has 1 aromatic carbocycles. The number of nitrogens with zero attached hydrogens (tertiary/aromatic N) is 2. The number of halogens is 1. The van der Waals surface area contributed by atoms with Crippen LogP contribution >= 0.6 is 11.6 Å². The van der Waals surface area contributed by atoms with Crippen LogP contribution in [0.1, 0.15) is 25.8 Å². The first kappa shape index (κ1) is 19.3. The van der Waals surface area contributed by atoms with E-state index in [1.54, 1.807) is 12.4 Å². The first-order valence-corrected chi connectivity index (χ1v) is 9.26. The zero-order chi connectivity index (χ0) is 19.1. The molecule has 27 heavy (non-hydrogen) atoms. The summed E-state index contributed by atoms with van der Waals surface area (Å²) in [6, 6.07) is 15.4. The van der Waals surface area contributed by atoms with E-state index in [4.69, 9.17) is 21.1 Å². The number of pyridine rings is 2. The first-order valence-electron chi connectivity index (χ1n) is 8.88. The van der Waals surface area contributed by atoms with Crippen molar-refractivity contribution in [2.75, 3.05) is 18.5 Å². The lowest BCUT2D eigenvalue weighted by atomic mass is 10.1. The van der Waals surface area contributed by atoms with Crippen LogP contribution in [0.2, 0.25) is 5.02 Å². The maximum Gasteiger partial charge on any atom is 0.201 e. The highest BCUT2D eigenvalue weighted by Crippen LogP contribution is 2.30. The molecule has 0 fully saturated rings. The summed E-state index contributed by atoms with van der Waals surface area (Å²) in [6.07, 6.45) is 3.06. The molecule has 3 aromatic rings. The van der Waals surface area contributed by atoms with Crippen molar-refractivity contribution in [2.24, 2.45) is 0 Å². The Morgan fingerprint density at radius 1 is 0.963 bits per heavy atom. The molecule has 0 unspecified atom stereocenters. The van der Waals surface area contributed by atoms with Crippen LogP contribution in [0.3, 0.4) is 0 Å². The molecule has 0 aliphatic heterocycles. The van der Waals surface area contributed by atoms with E-state index >= 15 is 0 Å². The van der Waals surface area contributed by atoms with Crippen molar-refractivity contribution in [2.45, 2.75) is 20.1 Å². The van der Waals surface area contributed by atoms with E-state index in [-0.39, 0.29) is 0 Å². The SMILES string of the molecule is CCOC(OCC)c1ccc(Nc2ccc(-c3ccccn3)c(Cl)c2)cn1. The minimum Gasteiger partial charge on any atom is -0.354 e. The molecule has 1 N–H and O–H groups in total. The average molecular weight is 384 g/mol. The smallest absolute Gasteiger partial charge is 0.201 e. The van der Waals surface area contributed by atoms with Gasteiger partial charge in [0.15, 0.2) is 0 Å². The van der Waals surface area contributed by atoms with E-state index < -0.39 is 6.29 Å². The summed E-state index contributed by atoms with van der Waals surface area (Å²) in [6.45, 7) is 4.99. The van der Waals surface area contributed by atoms with Gasteiger partial charge in [-0.15, -0.1) is 0 Å². The van der Waals surface area contributed by atoms with Crippen LogP contribution in [0.4, 0.5) is 11.4 Å². The highest BCUT2D eigenvalue weighted by atomic mass is 35.5. The molecule has 6 heteroatoms. The Hall–Kier alpha value is -2.47. The number of benzene rings is 1. The van der Waals surface area contributed by atoms with Crippen molar-refractivity contribution in [1.82, 2.24) is 9.97 Å². The molecule has 2 heterocycles. The van der Waals surface area contributed by atoms with E-state index in [1.807, 2.05) is 62.4 Å². The van der Waals surface area contributed by atoms with Crippen LogP contribution in [-0.4, -0.2) is 23.2 Å². The third kappa shape index (κ3) is 5.04. The Labute approximate surface area is 164 Å². The summed E-state index contributed by atoms with van der Waals surface area (Å²) in [5.41, 5.74) is 4.21. The highest BCUT2D eigenvalue weighted by Gasteiger charge is 2.12. The van der Waals surface area contributed by atoms with Crippen LogP contribution in [0.15, 0.2) is 60.9 Å². The van der Waals surface area contributed by atoms with Gasteiger partial charge in [-0.05, 0) is 56.3 Å². The Morgan fingerprint density at radius 3 is 2.33 bits per heavy atom. The van der Waals surface area contributed by atoms with Gasteiger partial charge < -0.3 is 14.8 Å². The molecular weight excluding hydrogens is 362 g/mol. The maximum atomic E-state index is 6.44. The van der Waals surface area contributed by atoms with Gasteiger partial charge in [-0.1, -0.05) is 17.7 Å². The predicted octanol–water partition coefficient (Wildman–Crippen LogP) is 5.61. The van der Waals surface area contributed by atoms with Crippen molar-refractivity contribution >= 4 is 23.0 Å². The molecule has 0 atom stereocenters. The van der Waals surface area contributed by atoms with Crippen molar-refractivity contribution in [3.63, 3.8) is 0 Å². The van der Waals surface area contributed by atoms with Gasteiger partial charge in [0.1, 0.15) is 0 Å². The normalized spacial score (nSPS) is 11.0. The molecule has 0 saturated carbocycles. The molecule has 0 bridgehead atoms. The van der Waals surface area contributed by atoms with Gasteiger partial charge in [0.05, 0.1) is 28.3 Å². The average Bonchev–Trinajstić information content (AvgIpc) is 2.69. The second-order valence-corrected chi connectivity index (χ2v) is 6.16. The van der Waals surface area contributed by atoms with E-state index in [1.165, 1.54) is 0 Å². The fourth-order valence-corrected chi connectivity index (χ4v) is 2.91. The molecule has 140 valence electrons. The Morgan fingerprint density at radius 2 is 1.74 bits per heavy atom. The van der Waals surface area contributed by atoms with Gasteiger partial charge in [0, 0.05) is 30.7 Å². The summed E-state index contributed by atoms with van der Waals surface area (Å²) >= 11 is 6.44. The standard InChI is InChI=1S/C21H22ClN3O2/c1-3-26-21(27-4-2)20-11-9-16(14-24-20)25-15-8-10-17(18(22)13-15)19-7-5-6-12-23-19/h5-14,21,25H,3-4H2,1-2H3. The number of ether oxygens (including phenoxy) is 2. The summed E-state index contributed by atoms with van der Waals surface area (Å²) in [4.78, 5) is 8.79. The summed E-state index contributed by atoms with van der Waals surface area (Å²) in [5.74, 6) is 0. The monoisotopic (exact) mass is 383 g/mol. The number of anilines is 2. The Bertz CT molecular complexity index is 851. The molecule has 0 aliphatic rings. The Balaban J connectivity index is 1.73. The third-order valence-corrected chi connectivity index (χ3v) is 4.18. The minimum absolute atomic E-state index is 0.443. The zero-order valence-electron chi connectivity index (χ0n) is 15.4. The fourth-order valence-electron chi connectivity index (χ4n) is 2.63.